The van der Waals surface area contributed by atoms with Crippen LogP contribution in [-0.2, 0) is 14.2 Å². The first kappa shape index (κ1) is 18.2. The van der Waals surface area contributed by atoms with Gasteiger partial charge in [-0.2, -0.15) is 0 Å². The lowest BCUT2D eigenvalue weighted by Gasteiger charge is -2.23. The van der Waals surface area contributed by atoms with Gasteiger partial charge in [-0.05, 0) is 19.3 Å². The average Bonchev–Trinajstić information content (AvgIpc) is 2.37. The van der Waals surface area contributed by atoms with Gasteiger partial charge < -0.3 is 14.2 Å². The molecule has 0 heterocycles. The standard InChI is InChI=1S/C14H29ClO3/c1-4-7-10-16-13(15)14(17-11-8-5-2)18-12-9-6-3/h13-14H,4-12H2,1-3H3. The largest absolute Gasteiger partial charge is 0.357 e. The molecule has 3 nitrogen and oxygen atoms in total. The van der Waals surface area contributed by atoms with E-state index < -0.39 is 11.9 Å². The Morgan fingerprint density at radius 3 is 1.50 bits per heavy atom. The number of alkyl halides is 1. The van der Waals surface area contributed by atoms with Crippen molar-refractivity contribution in [2.24, 2.45) is 0 Å². The topological polar surface area (TPSA) is 27.7 Å². The smallest absolute Gasteiger partial charge is 0.198 e. The zero-order valence-electron chi connectivity index (χ0n) is 12.1. The number of hydrogen-bond donors (Lipinski definition) is 0. The minimum atomic E-state index is -0.509. The molecule has 0 amide bonds. The van der Waals surface area contributed by atoms with Crippen LogP contribution in [-0.4, -0.2) is 31.7 Å². The van der Waals surface area contributed by atoms with Crippen LogP contribution in [0.15, 0.2) is 0 Å². The van der Waals surface area contributed by atoms with Gasteiger partial charge in [0.1, 0.15) is 0 Å². The molecule has 0 saturated heterocycles. The minimum Gasteiger partial charge on any atom is -0.357 e. The van der Waals surface area contributed by atoms with Crippen molar-refractivity contribution in [1.29, 1.82) is 0 Å². The second-order valence-corrected chi connectivity index (χ2v) is 4.82. The Hall–Kier alpha value is 0.170. The summed E-state index contributed by atoms with van der Waals surface area (Å²) in [6, 6.07) is 0. The maximum Gasteiger partial charge on any atom is 0.198 e. The molecular formula is C14H29ClO3. The Morgan fingerprint density at radius 2 is 1.11 bits per heavy atom. The second kappa shape index (κ2) is 13.6. The van der Waals surface area contributed by atoms with Crippen LogP contribution in [0.3, 0.4) is 0 Å². The molecule has 0 aliphatic carbocycles. The zero-order valence-corrected chi connectivity index (χ0v) is 12.9. The number of unbranched alkanes of at least 4 members (excludes halogenated alkanes) is 3. The molecule has 0 bridgehead atoms. The van der Waals surface area contributed by atoms with Crippen LogP contribution in [0, 0.1) is 0 Å². The third-order valence-corrected chi connectivity index (χ3v) is 2.88. The summed E-state index contributed by atoms with van der Waals surface area (Å²) in [5.74, 6) is 0. The molecule has 18 heavy (non-hydrogen) atoms. The molecule has 0 saturated carbocycles. The highest BCUT2D eigenvalue weighted by Gasteiger charge is 2.21. The van der Waals surface area contributed by atoms with E-state index in [1.54, 1.807) is 0 Å². The van der Waals surface area contributed by atoms with E-state index in [1.165, 1.54) is 0 Å². The predicted octanol–water partition coefficient (Wildman–Crippen LogP) is 4.33. The molecule has 0 aliphatic rings. The van der Waals surface area contributed by atoms with Crippen LogP contribution < -0.4 is 0 Å². The summed E-state index contributed by atoms with van der Waals surface area (Å²) in [5, 5.41) is 0. The third kappa shape index (κ3) is 10.1. The fourth-order valence-electron chi connectivity index (χ4n) is 1.31. The summed E-state index contributed by atoms with van der Waals surface area (Å²) in [6.07, 6.45) is 5.91. The van der Waals surface area contributed by atoms with Crippen molar-refractivity contribution in [1.82, 2.24) is 0 Å². The van der Waals surface area contributed by atoms with E-state index in [2.05, 4.69) is 20.8 Å². The van der Waals surface area contributed by atoms with Crippen molar-refractivity contribution in [3.8, 4) is 0 Å². The van der Waals surface area contributed by atoms with Crippen LogP contribution in [0.5, 0.6) is 0 Å². The highest BCUT2D eigenvalue weighted by Crippen LogP contribution is 2.13. The predicted molar refractivity (Wildman–Crippen MR) is 76.0 cm³/mol. The molecule has 0 aliphatic heterocycles. The number of hydrogen-bond acceptors (Lipinski definition) is 3. The molecule has 0 spiro atoms. The summed E-state index contributed by atoms with van der Waals surface area (Å²) in [4.78, 5) is 0. The monoisotopic (exact) mass is 280 g/mol. The second-order valence-electron chi connectivity index (χ2n) is 4.39. The molecule has 0 aromatic rings. The van der Waals surface area contributed by atoms with E-state index in [-0.39, 0.29) is 0 Å². The van der Waals surface area contributed by atoms with Gasteiger partial charge in [-0.15, -0.1) is 0 Å². The Morgan fingerprint density at radius 1 is 0.722 bits per heavy atom. The Kier molecular flexibility index (Phi) is 13.7. The van der Waals surface area contributed by atoms with Gasteiger partial charge in [0.15, 0.2) is 11.9 Å². The molecule has 0 aromatic carbocycles. The fourth-order valence-corrected chi connectivity index (χ4v) is 1.54. The summed E-state index contributed by atoms with van der Waals surface area (Å²) in [5.41, 5.74) is -0.509. The number of ether oxygens (including phenoxy) is 3. The van der Waals surface area contributed by atoms with Crippen LogP contribution in [0.1, 0.15) is 59.3 Å². The lowest BCUT2D eigenvalue weighted by molar-refractivity contribution is -0.186. The summed E-state index contributed by atoms with van der Waals surface area (Å²) in [6.45, 7) is 8.40. The molecule has 0 rings (SSSR count). The molecule has 4 heteroatoms. The molecule has 0 N–H and O–H groups in total. The van der Waals surface area contributed by atoms with Gasteiger partial charge >= 0.3 is 0 Å². The highest BCUT2D eigenvalue weighted by atomic mass is 35.5. The van der Waals surface area contributed by atoms with Gasteiger partial charge in [0.05, 0.1) is 0 Å². The van der Waals surface area contributed by atoms with Crippen molar-refractivity contribution in [2.75, 3.05) is 19.8 Å². The average molecular weight is 281 g/mol. The van der Waals surface area contributed by atoms with Crippen molar-refractivity contribution >= 4 is 11.6 Å². The van der Waals surface area contributed by atoms with E-state index in [9.17, 15) is 0 Å². The van der Waals surface area contributed by atoms with Gasteiger partial charge in [0, 0.05) is 19.8 Å². The van der Waals surface area contributed by atoms with E-state index in [4.69, 9.17) is 25.8 Å². The lowest BCUT2D eigenvalue weighted by atomic mass is 10.3. The van der Waals surface area contributed by atoms with Crippen LogP contribution in [0.25, 0.3) is 0 Å². The number of halogens is 1. The molecule has 0 fully saturated rings. The van der Waals surface area contributed by atoms with Crippen molar-refractivity contribution in [2.45, 2.75) is 71.1 Å². The van der Waals surface area contributed by atoms with Crippen LogP contribution in [0.4, 0.5) is 0 Å². The molecule has 0 aromatic heterocycles. The molecular weight excluding hydrogens is 252 g/mol. The highest BCUT2D eigenvalue weighted by molar-refractivity contribution is 6.20. The molecule has 1 unspecified atom stereocenters. The van der Waals surface area contributed by atoms with Gasteiger partial charge in [0.25, 0.3) is 0 Å². The summed E-state index contributed by atoms with van der Waals surface area (Å²) in [7, 11) is 0. The van der Waals surface area contributed by atoms with E-state index in [0.717, 1.165) is 38.5 Å². The maximum atomic E-state index is 6.17. The molecule has 1 atom stereocenters. The maximum absolute atomic E-state index is 6.17. The van der Waals surface area contributed by atoms with Crippen molar-refractivity contribution < 1.29 is 14.2 Å². The van der Waals surface area contributed by atoms with Gasteiger partial charge in [0.2, 0.25) is 0 Å². The van der Waals surface area contributed by atoms with E-state index in [0.29, 0.717) is 19.8 Å². The Balaban J connectivity index is 3.90. The number of rotatable bonds is 13. The summed E-state index contributed by atoms with van der Waals surface area (Å²) < 4.78 is 16.8. The normalized spacial score (nSPS) is 13.2. The lowest BCUT2D eigenvalue weighted by Crippen LogP contribution is -2.31. The fraction of sp³-hybridized carbons (Fsp3) is 1.00. The zero-order chi connectivity index (χ0) is 13.6. The van der Waals surface area contributed by atoms with Crippen LogP contribution in [0.2, 0.25) is 0 Å². The first-order valence-corrected chi connectivity index (χ1v) is 7.68. The van der Waals surface area contributed by atoms with E-state index >= 15 is 0 Å². The van der Waals surface area contributed by atoms with Gasteiger partial charge in [-0.25, -0.2) is 0 Å². The van der Waals surface area contributed by atoms with Crippen molar-refractivity contribution in [3.63, 3.8) is 0 Å². The first-order chi connectivity index (χ1) is 8.76. The van der Waals surface area contributed by atoms with Crippen molar-refractivity contribution in [3.05, 3.63) is 0 Å². The minimum absolute atomic E-state index is 0.443. The van der Waals surface area contributed by atoms with Crippen LogP contribution >= 0.6 is 11.6 Å². The van der Waals surface area contributed by atoms with Gasteiger partial charge in [-0.1, -0.05) is 51.6 Å². The Bertz CT molecular complexity index is 157. The third-order valence-electron chi connectivity index (χ3n) is 2.55. The quantitative estimate of drug-likeness (QED) is 0.286. The SMILES string of the molecule is CCCCOC(Cl)C(OCCCC)OCCCC. The first-order valence-electron chi connectivity index (χ1n) is 7.25. The Labute approximate surface area is 117 Å². The summed E-state index contributed by atoms with van der Waals surface area (Å²) >= 11 is 6.17. The van der Waals surface area contributed by atoms with Gasteiger partial charge in [-0.3, -0.25) is 0 Å². The molecule has 110 valence electrons. The molecule has 0 radical (unpaired) electrons. The van der Waals surface area contributed by atoms with E-state index in [1.807, 2.05) is 0 Å².